The lowest BCUT2D eigenvalue weighted by molar-refractivity contribution is -0.385. The number of hydrogen-bond acceptors (Lipinski definition) is 7. The molecule has 0 spiro atoms. The summed E-state index contributed by atoms with van der Waals surface area (Å²) in [6, 6.07) is 4.02. The number of carbonyl (C=O) groups excluding carboxylic acids is 1. The Morgan fingerprint density at radius 3 is 2.95 bits per heavy atom. The molecule has 1 fully saturated rings. The van der Waals surface area contributed by atoms with Gasteiger partial charge in [-0.25, -0.2) is 4.79 Å². The molecular weight excluding hydrogens is 294 g/mol. The molecule has 0 bridgehead atoms. The van der Waals surface area contributed by atoms with Gasteiger partial charge >= 0.3 is 11.7 Å². The van der Waals surface area contributed by atoms with Crippen molar-refractivity contribution in [3.8, 4) is 11.5 Å². The zero-order valence-electron chi connectivity index (χ0n) is 12.1. The summed E-state index contributed by atoms with van der Waals surface area (Å²) in [5.74, 6) is 0.107. The van der Waals surface area contributed by atoms with Gasteiger partial charge < -0.3 is 18.9 Å². The molecule has 1 saturated heterocycles. The quantitative estimate of drug-likeness (QED) is 0.428. The molecule has 1 aromatic carbocycles. The predicted octanol–water partition coefficient (Wildman–Crippen LogP) is 1.56. The van der Waals surface area contributed by atoms with Gasteiger partial charge in [0.05, 0.1) is 25.2 Å². The minimum atomic E-state index is -0.555. The van der Waals surface area contributed by atoms with E-state index < -0.39 is 10.9 Å². The highest BCUT2D eigenvalue weighted by atomic mass is 16.6. The standard InChI is InChI=1S/C14H17NO7/c1-19-13-6-11(2-3-12(13)15(17)18)21-9-14(16)22-8-10-4-5-20-7-10/h2-3,6,10H,4-5,7-9H2,1H3. The van der Waals surface area contributed by atoms with Crippen LogP contribution < -0.4 is 9.47 Å². The zero-order chi connectivity index (χ0) is 15.9. The van der Waals surface area contributed by atoms with Crippen LogP contribution >= 0.6 is 0 Å². The van der Waals surface area contributed by atoms with Crippen LogP contribution in [0.15, 0.2) is 18.2 Å². The highest BCUT2D eigenvalue weighted by Gasteiger charge is 2.18. The van der Waals surface area contributed by atoms with E-state index in [1.165, 1.54) is 25.3 Å². The van der Waals surface area contributed by atoms with E-state index in [4.69, 9.17) is 18.9 Å². The molecule has 1 atom stereocenters. The highest BCUT2D eigenvalue weighted by molar-refractivity contribution is 5.71. The highest BCUT2D eigenvalue weighted by Crippen LogP contribution is 2.30. The number of ether oxygens (including phenoxy) is 4. The summed E-state index contributed by atoms with van der Waals surface area (Å²) in [4.78, 5) is 21.8. The molecule has 0 radical (unpaired) electrons. The van der Waals surface area contributed by atoms with E-state index in [-0.39, 0.29) is 24.0 Å². The molecule has 1 aliphatic rings. The lowest BCUT2D eigenvalue weighted by Gasteiger charge is -2.10. The zero-order valence-corrected chi connectivity index (χ0v) is 12.1. The average molecular weight is 311 g/mol. The first-order valence-corrected chi connectivity index (χ1v) is 6.78. The van der Waals surface area contributed by atoms with E-state index in [0.717, 1.165) is 6.42 Å². The third kappa shape index (κ3) is 4.32. The van der Waals surface area contributed by atoms with E-state index in [1.807, 2.05) is 0 Å². The van der Waals surface area contributed by atoms with Crippen molar-refractivity contribution in [2.24, 2.45) is 5.92 Å². The Hall–Kier alpha value is -2.35. The van der Waals surface area contributed by atoms with Gasteiger partial charge in [-0.15, -0.1) is 0 Å². The molecule has 8 nitrogen and oxygen atoms in total. The normalized spacial score (nSPS) is 17.0. The Morgan fingerprint density at radius 2 is 2.32 bits per heavy atom. The number of methoxy groups -OCH3 is 1. The molecule has 1 aromatic rings. The minimum Gasteiger partial charge on any atom is -0.490 e. The van der Waals surface area contributed by atoms with Crippen LogP contribution in [-0.4, -0.2) is 44.4 Å². The molecular formula is C14H17NO7. The molecule has 2 rings (SSSR count). The number of esters is 1. The Kier molecular flexibility index (Phi) is 5.54. The topological polar surface area (TPSA) is 97.1 Å². The van der Waals surface area contributed by atoms with Crippen LogP contribution in [0.4, 0.5) is 5.69 Å². The molecule has 1 aliphatic heterocycles. The number of benzene rings is 1. The largest absolute Gasteiger partial charge is 0.490 e. The summed E-state index contributed by atoms with van der Waals surface area (Å²) in [6.45, 7) is 1.34. The van der Waals surface area contributed by atoms with Crippen LogP contribution in [0.1, 0.15) is 6.42 Å². The maximum Gasteiger partial charge on any atom is 0.344 e. The third-order valence-electron chi connectivity index (χ3n) is 3.21. The average Bonchev–Trinajstić information content (AvgIpc) is 3.03. The molecule has 0 amide bonds. The lowest BCUT2D eigenvalue weighted by atomic mass is 10.1. The summed E-state index contributed by atoms with van der Waals surface area (Å²) in [5.41, 5.74) is -0.168. The fourth-order valence-corrected chi connectivity index (χ4v) is 2.01. The molecule has 0 aromatic heterocycles. The number of rotatable bonds is 7. The van der Waals surface area contributed by atoms with Crippen molar-refractivity contribution in [1.29, 1.82) is 0 Å². The number of carbonyl (C=O) groups is 1. The Labute approximate surface area is 127 Å². The number of nitro groups is 1. The summed E-state index contributed by atoms with van der Waals surface area (Å²) in [5, 5.41) is 10.8. The summed E-state index contributed by atoms with van der Waals surface area (Å²) < 4.78 is 20.4. The first-order valence-electron chi connectivity index (χ1n) is 6.78. The van der Waals surface area contributed by atoms with E-state index in [9.17, 15) is 14.9 Å². The van der Waals surface area contributed by atoms with Crippen molar-refractivity contribution in [3.05, 3.63) is 28.3 Å². The first kappa shape index (κ1) is 16.0. The second kappa shape index (κ2) is 7.60. The fraction of sp³-hybridized carbons (Fsp3) is 0.500. The molecule has 0 N–H and O–H groups in total. The van der Waals surface area contributed by atoms with Gasteiger partial charge in [-0.2, -0.15) is 0 Å². The van der Waals surface area contributed by atoms with Crippen LogP contribution in [0.5, 0.6) is 11.5 Å². The smallest absolute Gasteiger partial charge is 0.344 e. The maximum atomic E-state index is 11.6. The SMILES string of the molecule is COc1cc(OCC(=O)OCC2CCOC2)ccc1[N+](=O)[O-]. The van der Waals surface area contributed by atoms with Crippen LogP contribution in [0, 0.1) is 16.0 Å². The van der Waals surface area contributed by atoms with Gasteiger partial charge in [0.1, 0.15) is 5.75 Å². The van der Waals surface area contributed by atoms with E-state index in [2.05, 4.69) is 0 Å². The van der Waals surface area contributed by atoms with Crippen molar-refractivity contribution >= 4 is 11.7 Å². The third-order valence-corrected chi connectivity index (χ3v) is 3.21. The first-order chi connectivity index (χ1) is 10.6. The van der Waals surface area contributed by atoms with Crippen LogP contribution in [-0.2, 0) is 14.3 Å². The monoisotopic (exact) mass is 311 g/mol. The second-order valence-corrected chi connectivity index (χ2v) is 4.79. The fourth-order valence-electron chi connectivity index (χ4n) is 2.01. The molecule has 8 heteroatoms. The van der Waals surface area contributed by atoms with Gasteiger partial charge in [-0.3, -0.25) is 10.1 Å². The molecule has 0 aliphatic carbocycles. The van der Waals surface area contributed by atoms with Gasteiger partial charge in [0.2, 0.25) is 5.75 Å². The van der Waals surface area contributed by atoms with Crippen molar-refractivity contribution < 1.29 is 28.7 Å². The summed E-state index contributed by atoms with van der Waals surface area (Å²) in [7, 11) is 1.32. The van der Waals surface area contributed by atoms with E-state index in [1.54, 1.807) is 0 Å². The molecule has 0 saturated carbocycles. The molecule has 22 heavy (non-hydrogen) atoms. The lowest BCUT2D eigenvalue weighted by Crippen LogP contribution is -2.19. The van der Waals surface area contributed by atoms with Gasteiger partial charge in [-0.1, -0.05) is 0 Å². The Bertz CT molecular complexity index is 540. The van der Waals surface area contributed by atoms with Crippen molar-refractivity contribution in [1.82, 2.24) is 0 Å². The summed E-state index contributed by atoms with van der Waals surface area (Å²) in [6.07, 6.45) is 0.883. The van der Waals surface area contributed by atoms with Crippen molar-refractivity contribution in [2.75, 3.05) is 33.5 Å². The van der Waals surface area contributed by atoms with Gasteiger partial charge in [-0.05, 0) is 12.5 Å². The molecule has 1 unspecified atom stereocenters. The Morgan fingerprint density at radius 1 is 1.50 bits per heavy atom. The summed E-state index contributed by atoms with van der Waals surface area (Å²) >= 11 is 0. The van der Waals surface area contributed by atoms with E-state index >= 15 is 0 Å². The second-order valence-electron chi connectivity index (χ2n) is 4.79. The van der Waals surface area contributed by atoms with Gasteiger partial charge in [0, 0.05) is 24.7 Å². The minimum absolute atomic E-state index is 0.0685. The van der Waals surface area contributed by atoms with Crippen LogP contribution in [0.3, 0.4) is 0 Å². The van der Waals surface area contributed by atoms with Crippen LogP contribution in [0.25, 0.3) is 0 Å². The van der Waals surface area contributed by atoms with Gasteiger partial charge in [0.25, 0.3) is 0 Å². The van der Waals surface area contributed by atoms with E-state index in [0.29, 0.717) is 25.6 Å². The van der Waals surface area contributed by atoms with Gasteiger partial charge in [0.15, 0.2) is 6.61 Å². The Balaban J connectivity index is 1.82. The molecule has 1 heterocycles. The van der Waals surface area contributed by atoms with Crippen molar-refractivity contribution in [2.45, 2.75) is 6.42 Å². The number of hydrogen-bond donors (Lipinski definition) is 0. The van der Waals surface area contributed by atoms with Crippen LogP contribution in [0.2, 0.25) is 0 Å². The maximum absolute atomic E-state index is 11.6. The number of nitrogens with zero attached hydrogens (tertiary/aromatic N) is 1. The predicted molar refractivity (Wildman–Crippen MR) is 75.0 cm³/mol. The number of nitro benzene ring substituents is 1. The molecule has 120 valence electrons. The van der Waals surface area contributed by atoms with Crippen molar-refractivity contribution in [3.63, 3.8) is 0 Å².